The standard InChI is InChI=1S/C22H21N/c1-3-9-17(10-4-1)15-22-20(18-11-5-2-6-12-18)16-19-13-7-8-14-21(19)23-22/h1-14,20,22-23H,15-16H2/t20-,22-/m0/s1. The van der Waals surface area contributed by atoms with Crippen LogP contribution in [0, 0.1) is 0 Å². The van der Waals surface area contributed by atoms with Crippen molar-refractivity contribution in [3.63, 3.8) is 0 Å². The van der Waals surface area contributed by atoms with Gasteiger partial charge in [-0.15, -0.1) is 0 Å². The zero-order valence-corrected chi connectivity index (χ0v) is 13.2. The van der Waals surface area contributed by atoms with E-state index in [4.69, 9.17) is 0 Å². The minimum atomic E-state index is 0.426. The fourth-order valence-electron chi connectivity index (χ4n) is 3.63. The number of para-hydroxylation sites is 1. The summed E-state index contributed by atoms with van der Waals surface area (Å²) < 4.78 is 0. The second-order valence-electron chi connectivity index (χ2n) is 6.32. The van der Waals surface area contributed by atoms with Crippen molar-refractivity contribution in [1.29, 1.82) is 0 Å². The van der Waals surface area contributed by atoms with Gasteiger partial charge in [0.15, 0.2) is 0 Å². The summed E-state index contributed by atoms with van der Waals surface area (Å²) in [5.74, 6) is 0.506. The van der Waals surface area contributed by atoms with Gasteiger partial charge in [0, 0.05) is 17.6 Å². The van der Waals surface area contributed by atoms with Crippen LogP contribution in [0.15, 0.2) is 84.9 Å². The second-order valence-corrected chi connectivity index (χ2v) is 6.32. The van der Waals surface area contributed by atoms with Gasteiger partial charge in [0.25, 0.3) is 0 Å². The van der Waals surface area contributed by atoms with Crippen LogP contribution >= 0.6 is 0 Å². The highest BCUT2D eigenvalue weighted by molar-refractivity contribution is 5.56. The maximum atomic E-state index is 3.79. The molecule has 0 aromatic heterocycles. The molecule has 114 valence electrons. The second kappa shape index (κ2) is 6.29. The Morgan fingerprint density at radius 3 is 2.17 bits per heavy atom. The van der Waals surface area contributed by atoms with Gasteiger partial charge in [0.1, 0.15) is 0 Å². The molecule has 0 fully saturated rings. The fourth-order valence-corrected chi connectivity index (χ4v) is 3.63. The lowest BCUT2D eigenvalue weighted by Crippen LogP contribution is -2.35. The van der Waals surface area contributed by atoms with Crippen molar-refractivity contribution in [3.05, 3.63) is 102 Å². The van der Waals surface area contributed by atoms with Gasteiger partial charge in [0.05, 0.1) is 0 Å². The van der Waals surface area contributed by atoms with Crippen LogP contribution in [0.25, 0.3) is 0 Å². The van der Waals surface area contributed by atoms with Crippen LogP contribution in [0.3, 0.4) is 0 Å². The molecule has 3 aromatic rings. The summed E-state index contributed by atoms with van der Waals surface area (Å²) in [4.78, 5) is 0. The van der Waals surface area contributed by atoms with Gasteiger partial charge in [-0.3, -0.25) is 0 Å². The third-order valence-corrected chi connectivity index (χ3v) is 4.81. The van der Waals surface area contributed by atoms with Crippen LogP contribution in [0.2, 0.25) is 0 Å². The van der Waals surface area contributed by atoms with E-state index < -0.39 is 0 Å². The Kier molecular flexibility index (Phi) is 3.85. The number of anilines is 1. The summed E-state index contributed by atoms with van der Waals surface area (Å²) in [5.41, 5.74) is 5.53. The quantitative estimate of drug-likeness (QED) is 0.713. The molecule has 0 amide bonds. The number of fused-ring (bicyclic) bond motifs is 1. The predicted molar refractivity (Wildman–Crippen MR) is 96.9 cm³/mol. The predicted octanol–water partition coefficient (Wildman–Crippen LogP) is 5.05. The first kappa shape index (κ1) is 14.1. The van der Waals surface area contributed by atoms with Gasteiger partial charge in [-0.1, -0.05) is 78.9 Å². The maximum absolute atomic E-state index is 3.79. The summed E-state index contributed by atoms with van der Waals surface area (Å²) in [7, 11) is 0. The van der Waals surface area contributed by atoms with E-state index in [1.165, 1.54) is 22.4 Å². The summed E-state index contributed by atoms with van der Waals surface area (Å²) in [6, 6.07) is 30.8. The van der Waals surface area contributed by atoms with Crippen LogP contribution in [0.5, 0.6) is 0 Å². The Bertz CT molecular complexity index is 764. The molecule has 0 saturated heterocycles. The molecule has 1 heteroatoms. The van der Waals surface area contributed by atoms with E-state index in [1.807, 2.05) is 0 Å². The molecule has 2 atom stereocenters. The first-order chi connectivity index (χ1) is 11.4. The van der Waals surface area contributed by atoms with E-state index in [9.17, 15) is 0 Å². The Labute approximate surface area is 138 Å². The van der Waals surface area contributed by atoms with E-state index in [0.29, 0.717) is 12.0 Å². The zero-order chi connectivity index (χ0) is 15.5. The molecular formula is C22H21N. The molecule has 23 heavy (non-hydrogen) atoms. The van der Waals surface area contributed by atoms with Gasteiger partial charge >= 0.3 is 0 Å². The molecule has 1 nitrogen and oxygen atoms in total. The van der Waals surface area contributed by atoms with Crippen molar-refractivity contribution < 1.29 is 0 Å². The fraction of sp³-hybridized carbons (Fsp3) is 0.182. The Balaban J connectivity index is 1.68. The molecule has 0 radical (unpaired) electrons. The van der Waals surface area contributed by atoms with Crippen molar-refractivity contribution >= 4 is 5.69 Å². The number of rotatable bonds is 3. The summed E-state index contributed by atoms with van der Waals surface area (Å²) >= 11 is 0. The van der Waals surface area contributed by atoms with Crippen molar-refractivity contribution in [3.8, 4) is 0 Å². The Morgan fingerprint density at radius 1 is 0.739 bits per heavy atom. The lowest BCUT2D eigenvalue weighted by molar-refractivity contribution is 0.539. The average Bonchev–Trinajstić information content (AvgIpc) is 2.63. The Hall–Kier alpha value is -2.54. The number of hydrogen-bond donors (Lipinski definition) is 1. The molecule has 0 saturated carbocycles. The zero-order valence-electron chi connectivity index (χ0n) is 13.2. The molecule has 1 aliphatic rings. The third-order valence-electron chi connectivity index (χ3n) is 4.81. The molecule has 4 rings (SSSR count). The van der Waals surface area contributed by atoms with Crippen molar-refractivity contribution in [2.75, 3.05) is 5.32 Å². The SMILES string of the molecule is c1ccc(C[C@@H]2Nc3ccccc3C[C@H]2c2ccccc2)cc1. The van der Waals surface area contributed by atoms with Crippen molar-refractivity contribution in [2.24, 2.45) is 0 Å². The number of hydrogen-bond acceptors (Lipinski definition) is 1. The number of benzene rings is 3. The third kappa shape index (κ3) is 3.00. The summed E-state index contributed by atoms with van der Waals surface area (Å²) in [6.45, 7) is 0. The maximum Gasteiger partial charge on any atom is 0.0375 e. The van der Waals surface area contributed by atoms with Crippen LogP contribution in [-0.2, 0) is 12.8 Å². The topological polar surface area (TPSA) is 12.0 Å². The van der Waals surface area contributed by atoms with E-state index in [0.717, 1.165) is 12.8 Å². The molecule has 1 heterocycles. The lowest BCUT2D eigenvalue weighted by atomic mass is 9.80. The van der Waals surface area contributed by atoms with Crippen LogP contribution < -0.4 is 5.32 Å². The van der Waals surface area contributed by atoms with E-state index >= 15 is 0 Å². The van der Waals surface area contributed by atoms with Gasteiger partial charge in [0.2, 0.25) is 0 Å². The highest BCUT2D eigenvalue weighted by atomic mass is 14.9. The molecule has 0 bridgehead atoms. The molecular weight excluding hydrogens is 278 g/mol. The Morgan fingerprint density at radius 2 is 1.39 bits per heavy atom. The molecule has 1 aliphatic heterocycles. The van der Waals surface area contributed by atoms with Crippen LogP contribution in [-0.4, -0.2) is 6.04 Å². The first-order valence-corrected chi connectivity index (χ1v) is 8.33. The highest BCUT2D eigenvalue weighted by Crippen LogP contribution is 2.35. The van der Waals surface area contributed by atoms with Gasteiger partial charge in [-0.25, -0.2) is 0 Å². The van der Waals surface area contributed by atoms with Crippen molar-refractivity contribution in [1.82, 2.24) is 0 Å². The van der Waals surface area contributed by atoms with Gasteiger partial charge in [-0.2, -0.15) is 0 Å². The molecule has 0 aliphatic carbocycles. The van der Waals surface area contributed by atoms with Crippen LogP contribution in [0.1, 0.15) is 22.6 Å². The molecule has 0 spiro atoms. The minimum absolute atomic E-state index is 0.426. The normalized spacial score (nSPS) is 19.7. The van der Waals surface area contributed by atoms with Crippen LogP contribution in [0.4, 0.5) is 5.69 Å². The minimum Gasteiger partial charge on any atom is -0.381 e. The van der Waals surface area contributed by atoms with Gasteiger partial charge < -0.3 is 5.32 Å². The summed E-state index contributed by atoms with van der Waals surface area (Å²) in [5, 5.41) is 3.79. The van der Waals surface area contributed by atoms with Gasteiger partial charge in [-0.05, 0) is 35.6 Å². The smallest absolute Gasteiger partial charge is 0.0375 e. The van der Waals surface area contributed by atoms with E-state index in [2.05, 4.69) is 90.2 Å². The summed E-state index contributed by atoms with van der Waals surface area (Å²) in [6.07, 6.45) is 2.15. The molecule has 3 aromatic carbocycles. The van der Waals surface area contributed by atoms with E-state index in [1.54, 1.807) is 0 Å². The average molecular weight is 299 g/mol. The lowest BCUT2D eigenvalue weighted by Gasteiger charge is -2.35. The van der Waals surface area contributed by atoms with E-state index in [-0.39, 0.29) is 0 Å². The van der Waals surface area contributed by atoms with Crippen molar-refractivity contribution in [2.45, 2.75) is 24.8 Å². The number of nitrogens with one attached hydrogen (secondary N) is 1. The largest absolute Gasteiger partial charge is 0.381 e. The molecule has 1 N–H and O–H groups in total. The first-order valence-electron chi connectivity index (χ1n) is 8.33. The molecule has 0 unspecified atom stereocenters. The highest BCUT2D eigenvalue weighted by Gasteiger charge is 2.29. The monoisotopic (exact) mass is 299 g/mol.